The van der Waals surface area contributed by atoms with Gasteiger partial charge in [-0.25, -0.2) is 0 Å². The van der Waals surface area contributed by atoms with Crippen LogP contribution in [0.5, 0.6) is 0 Å². The number of piperidine rings is 3. The molecule has 17 heavy (non-hydrogen) atoms. The number of benzene rings is 1. The molecule has 3 saturated heterocycles. The molecule has 1 aromatic rings. The Kier molecular flexibility index (Phi) is 2.51. The Morgan fingerprint density at radius 1 is 1.24 bits per heavy atom. The number of likely N-dealkylation sites (N-methyl/N-ethyl adjacent to an activating group) is 1. The lowest BCUT2D eigenvalue weighted by molar-refractivity contribution is -0.934. The van der Waals surface area contributed by atoms with Crippen LogP contribution in [-0.2, 0) is 5.60 Å². The van der Waals surface area contributed by atoms with Crippen LogP contribution in [0.1, 0.15) is 18.4 Å². The van der Waals surface area contributed by atoms with Crippen molar-refractivity contribution in [2.45, 2.75) is 18.4 Å². The summed E-state index contributed by atoms with van der Waals surface area (Å²) in [6.45, 7) is 3.26. The second kappa shape index (κ2) is 3.71. The second-order valence-electron chi connectivity index (χ2n) is 5.93. The largest absolute Gasteiger partial charge is 0.379 e. The Balaban J connectivity index is 1.98. The van der Waals surface area contributed by atoms with Gasteiger partial charge in [0, 0.05) is 23.8 Å². The van der Waals surface area contributed by atoms with Gasteiger partial charge in [-0.3, -0.25) is 0 Å². The number of rotatable bonds is 1. The first-order valence-electron chi connectivity index (χ1n) is 6.34. The highest BCUT2D eigenvalue weighted by atomic mass is 35.5. The van der Waals surface area contributed by atoms with Crippen molar-refractivity contribution < 1.29 is 9.59 Å². The third-order valence-electron chi connectivity index (χ3n) is 4.68. The van der Waals surface area contributed by atoms with Crippen molar-refractivity contribution in [3.8, 4) is 0 Å². The number of quaternary nitrogens is 1. The van der Waals surface area contributed by atoms with Crippen LogP contribution in [0, 0.1) is 5.92 Å². The van der Waals surface area contributed by atoms with Crippen molar-refractivity contribution in [2.24, 2.45) is 5.92 Å². The van der Waals surface area contributed by atoms with Crippen molar-refractivity contribution in [1.29, 1.82) is 0 Å². The van der Waals surface area contributed by atoms with E-state index in [2.05, 4.69) is 7.05 Å². The predicted octanol–water partition coefficient (Wildman–Crippen LogP) is 2.40. The monoisotopic (exact) mass is 252 g/mol. The average molecular weight is 253 g/mol. The summed E-state index contributed by atoms with van der Waals surface area (Å²) in [6.07, 6.45) is 2.27. The standard InChI is InChI=1S/C14H19ClNO/c1-16-8-6-12(7-9-16)14(17,10-16)11-2-4-13(15)5-3-11/h2-5,12,17H,6-10H2,1H3/q+1. The molecule has 1 aromatic carbocycles. The summed E-state index contributed by atoms with van der Waals surface area (Å²) in [5.74, 6) is 0.420. The quantitative estimate of drug-likeness (QED) is 0.761. The van der Waals surface area contributed by atoms with Crippen molar-refractivity contribution in [3.05, 3.63) is 34.9 Å². The number of nitrogens with zero attached hydrogens (tertiary/aromatic N) is 1. The first kappa shape index (κ1) is 11.5. The van der Waals surface area contributed by atoms with Gasteiger partial charge >= 0.3 is 0 Å². The number of aliphatic hydroxyl groups is 1. The Labute approximate surface area is 107 Å². The second-order valence-corrected chi connectivity index (χ2v) is 6.37. The SMILES string of the molecule is C[N+]12CCC(CC1)C(O)(c1ccc(Cl)cc1)C2. The van der Waals surface area contributed by atoms with E-state index in [1.54, 1.807) is 0 Å². The van der Waals surface area contributed by atoms with E-state index in [9.17, 15) is 5.11 Å². The molecular weight excluding hydrogens is 234 g/mol. The molecule has 1 atom stereocenters. The fraction of sp³-hybridized carbons (Fsp3) is 0.571. The Morgan fingerprint density at radius 2 is 1.82 bits per heavy atom. The molecule has 3 heterocycles. The molecule has 0 amide bonds. The van der Waals surface area contributed by atoms with Crippen LogP contribution in [0.25, 0.3) is 0 Å². The van der Waals surface area contributed by atoms with Crippen molar-refractivity contribution >= 4 is 11.6 Å². The van der Waals surface area contributed by atoms with Gasteiger partial charge in [-0.05, 0) is 17.7 Å². The molecule has 92 valence electrons. The number of hydrogen-bond donors (Lipinski definition) is 1. The maximum Gasteiger partial charge on any atom is 0.141 e. The minimum absolute atomic E-state index is 0.420. The van der Waals surface area contributed by atoms with Gasteiger partial charge in [-0.2, -0.15) is 0 Å². The predicted molar refractivity (Wildman–Crippen MR) is 68.9 cm³/mol. The first-order valence-corrected chi connectivity index (χ1v) is 6.72. The minimum Gasteiger partial charge on any atom is -0.379 e. The van der Waals surface area contributed by atoms with Crippen LogP contribution < -0.4 is 0 Å². The molecule has 3 aliphatic rings. The zero-order valence-electron chi connectivity index (χ0n) is 10.2. The molecule has 0 spiro atoms. The molecule has 0 radical (unpaired) electrons. The van der Waals surface area contributed by atoms with Crippen LogP contribution >= 0.6 is 11.6 Å². The molecule has 2 bridgehead atoms. The fourth-order valence-electron chi connectivity index (χ4n) is 3.60. The summed E-state index contributed by atoms with van der Waals surface area (Å²) in [6, 6.07) is 7.73. The summed E-state index contributed by atoms with van der Waals surface area (Å²) in [4.78, 5) is 0. The van der Waals surface area contributed by atoms with E-state index >= 15 is 0 Å². The van der Waals surface area contributed by atoms with Crippen LogP contribution in [0.15, 0.2) is 24.3 Å². The summed E-state index contributed by atoms with van der Waals surface area (Å²) < 4.78 is 1.01. The van der Waals surface area contributed by atoms with Crippen LogP contribution in [0.3, 0.4) is 0 Å². The van der Waals surface area contributed by atoms with E-state index in [-0.39, 0.29) is 0 Å². The van der Waals surface area contributed by atoms with Crippen molar-refractivity contribution in [2.75, 3.05) is 26.7 Å². The summed E-state index contributed by atoms with van der Waals surface area (Å²) in [7, 11) is 2.26. The zero-order chi connectivity index (χ0) is 12.1. The Bertz CT molecular complexity index is 422. The molecule has 1 N–H and O–H groups in total. The molecule has 4 rings (SSSR count). The molecule has 0 aromatic heterocycles. The van der Waals surface area contributed by atoms with Gasteiger partial charge in [0.05, 0.1) is 20.1 Å². The highest BCUT2D eigenvalue weighted by Crippen LogP contribution is 2.45. The van der Waals surface area contributed by atoms with Gasteiger partial charge in [-0.1, -0.05) is 23.7 Å². The van der Waals surface area contributed by atoms with Crippen LogP contribution in [0.4, 0.5) is 0 Å². The van der Waals surface area contributed by atoms with Crippen molar-refractivity contribution in [3.63, 3.8) is 0 Å². The fourth-order valence-corrected chi connectivity index (χ4v) is 3.73. The van der Waals surface area contributed by atoms with Gasteiger partial charge in [0.15, 0.2) is 0 Å². The Hall–Kier alpha value is -0.570. The lowest BCUT2D eigenvalue weighted by Crippen LogP contribution is -2.65. The van der Waals surface area contributed by atoms with E-state index < -0.39 is 5.60 Å². The van der Waals surface area contributed by atoms with Gasteiger partial charge in [0.2, 0.25) is 0 Å². The Morgan fingerprint density at radius 3 is 2.35 bits per heavy atom. The van der Waals surface area contributed by atoms with Gasteiger partial charge in [0.25, 0.3) is 0 Å². The zero-order valence-corrected chi connectivity index (χ0v) is 11.0. The van der Waals surface area contributed by atoms with E-state index in [0.29, 0.717) is 5.92 Å². The van der Waals surface area contributed by atoms with Crippen molar-refractivity contribution in [1.82, 2.24) is 0 Å². The van der Waals surface area contributed by atoms with E-state index in [4.69, 9.17) is 11.6 Å². The minimum atomic E-state index is -0.643. The summed E-state index contributed by atoms with van der Waals surface area (Å²) in [5, 5.41) is 11.8. The van der Waals surface area contributed by atoms with Crippen LogP contribution in [0.2, 0.25) is 5.02 Å². The molecule has 1 unspecified atom stereocenters. The first-order chi connectivity index (χ1) is 8.02. The summed E-state index contributed by atoms with van der Waals surface area (Å²) in [5.41, 5.74) is 0.395. The summed E-state index contributed by atoms with van der Waals surface area (Å²) >= 11 is 5.92. The van der Waals surface area contributed by atoms with E-state index in [1.807, 2.05) is 24.3 Å². The lowest BCUT2D eigenvalue weighted by atomic mass is 9.70. The smallest absolute Gasteiger partial charge is 0.141 e. The molecule has 0 saturated carbocycles. The number of fused-ring (bicyclic) bond motifs is 3. The van der Waals surface area contributed by atoms with Gasteiger partial charge in [0.1, 0.15) is 12.1 Å². The molecular formula is C14H19ClNO+. The van der Waals surface area contributed by atoms with Gasteiger partial charge < -0.3 is 9.59 Å². The maximum absolute atomic E-state index is 11.0. The van der Waals surface area contributed by atoms with Gasteiger partial charge in [-0.15, -0.1) is 0 Å². The molecule has 0 aliphatic carbocycles. The molecule has 3 aliphatic heterocycles. The number of halogens is 1. The molecule has 2 nitrogen and oxygen atoms in total. The van der Waals surface area contributed by atoms with E-state index in [1.165, 1.54) is 13.1 Å². The number of hydrogen-bond acceptors (Lipinski definition) is 1. The lowest BCUT2D eigenvalue weighted by Gasteiger charge is -2.54. The molecule has 3 fully saturated rings. The maximum atomic E-state index is 11.0. The highest BCUT2D eigenvalue weighted by molar-refractivity contribution is 6.30. The molecule has 3 heteroatoms. The third-order valence-corrected chi connectivity index (χ3v) is 4.93. The third kappa shape index (κ3) is 1.79. The highest BCUT2D eigenvalue weighted by Gasteiger charge is 2.53. The van der Waals surface area contributed by atoms with Crippen LogP contribution in [-0.4, -0.2) is 36.3 Å². The topological polar surface area (TPSA) is 20.2 Å². The average Bonchev–Trinajstić information content (AvgIpc) is 2.29. The van der Waals surface area contributed by atoms with E-state index in [0.717, 1.165) is 34.5 Å². The normalized spacial score (nSPS) is 40.5.